The van der Waals surface area contributed by atoms with Crippen LogP contribution in [0.4, 0.5) is 19.0 Å². The summed E-state index contributed by atoms with van der Waals surface area (Å²) < 4.78 is 55.1. The molecule has 2 aromatic carbocycles. The highest BCUT2D eigenvalue weighted by Gasteiger charge is 2.31. The maximum absolute atomic E-state index is 13.1. The van der Waals surface area contributed by atoms with E-state index in [0.29, 0.717) is 11.4 Å². The van der Waals surface area contributed by atoms with Crippen molar-refractivity contribution >= 4 is 23.3 Å². The zero-order valence-electron chi connectivity index (χ0n) is 22.2. The first-order chi connectivity index (χ1) is 18.8. The van der Waals surface area contributed by atoms with Crippen molar-refractivity contribution in [3.05, 3.63) is 85.5 Å². The number of hydrogen-bond acceptors (Lipinski definition) is 7. The number of methoxy groups -OCH3 is 1. The van der Waals surface area contributed by atoms with Gasteiger partial charge in [-0.2, -0.15) is 4.99 Å². The first kappa shape index (κ1) is 30.9. The molecule has 3 aromatic rings. The highest BCUT2D eigenvalue weighted by atomic mass is 35.5. The largest absolute Gasteiger partial charge is 0.573 e. The normalized spacial score (nSPS) is 13.7. The van der Waals surface area contributed by atoms with Gasteiger partial charge in [0.1, 0.15) is 17.3 Å². The highest BCUT2D eigenvalue weighted by Crippen LogP contribution is 2.28. The van der Waals surface area contributed by atoms with Gasteiger partial charge in [-0.3, -0.25) is 13.9 Å². The zero-order valence-corrected chi connectivity index (χ0v) is 23.0. The van der Waals surface area contributed by atoms with E-state index in [9.17, 15) is 27.9 Å². The van der Waals surface area contributed by atoms with Crippen molar-refractivity contribution < 1.29 is 32.5 Å². The van der Waals surface area contributed by atoms with E-state index in [1.165, 1.54) is 33.2 Å². The Hall–Kier alpha value is -3.61. The molecule has 0 aliphatic heterocycles. The van der Waals surface area contributed by atoms with Crippen LogP contribution in [-0.4, -0.2) is 46.3 Å². The van der Waals surface area contributed by atoms with Crippen molar-refractivity contribution in [1.82, 2.24) is 9.13 Å². The van der Waals surface area contributed by atoms with E-state index < -0.39 is 35.4 Å². The summed E-state index contributed by atoms with van der Waals surface area (Å²) in [6.45, 7) is 2.89. The summed E-state index contributed by atoms with van der Waals surface area (Å²) in [7, 11) is 2.79. The average molecular weight is 584 g/mol. The van der Waals surface area contributed by atoms with Gasteiger partial charge in [-0.05, 0) is 43.2 Å². The standard InChI is InChI=1S/C27H29ClF3N3O6/c1-16(12-18-8-10-19(28)11-9-18)24(39-21-6-5-7-22(13-21)40-27(29,30)31)32-23-17(2)25(36)34(26(37)33(23)3)14-20(35)15-38-4/h5-11,13,16,20,35H,12,14-15H2,1-4H3/b32-24+/t16-,20?/m0/s1. The Morgan fingerprint density at radius 2 is 1.77 bits per heavy atom. The highest BCUT2D eigenvalue weighted by molar-refractivity contribution is 6.30. The fraction of sp³-hybridized carbons (Fsp3) is 0.370. The van der Waals surface area contributed by atoms with Gasteiger partial charge in [0.2, 0.25) is 0 Å². The minimum atomic E-state index is -4.90. The molecule has 1 unspecified atom stereocenters. The van der Waals surface area contributed by atoms with Crippen molar-refractivity contribution in [3.63, 3.8) is 0 Å². The third-order valence-corrected chi connectivity index (χ3v) is 6.10. The lowest BCUT2D eigenvalue weighted by molar-refractivity contribution is -0.274. The van der Waals surface area contributed by atoms with E-state index >= 15 is 0 Å². The van der Waals surface area contributed by atoms with Crippen LogP contribution in [0.25, 0.3) is 0 Å². The summed E-state index contributed by atoms with van der Waals surface area (Å²) in [6, 6.07) is 12.0. The number of benzene rings is 2. The quantitative estimate of drug-likeness (QED) is 0.280. The second kappa shape index (κ2) is 13.2. The van der Waals surface area contributed by atoms with Crippen molar-refractivity contribution in [2.45, 2.75) is 39.3 Å². The molecule has 0 amide bonds. The second-order valence-electron chi connectivity index (χ2n) is 9.12. The van der Waals surface area contributed by atoms with Crippen LogP contribution < -0.4 is 20.7 Å². The Kier molecular flexibility index (Phi) is 10.2. The van der Waals surface area contributed by atoms with Crippen molar-refractivity contribution in [1.29, 1.82) is 0 Å². The number of alkyl halides is 3. The van der Waals surface area contributed by atoms with Crippen LogP contribution in [-0.2, 0) is 24.8 Å². The van der Waals surface area contributed by atoms with Crippen LogP contribution in [0.5, 0.6) is 11.5 Å². The fourth-order valence-electron chi connectivity index (χ4n) is 3.94. The molecule has 1 aromatic heterocycles. The first-order valence-electron chi connectivity index (χ1n) is 12.1. The maximum Gasteiger partial charge on any atom is 0.573 e. The summed E-state index contributed by atoms with van der Waals surface area (Å²) >= 11 is 5.99. The Labute approximate surface area is 233 Å². The molecule has 0 aliphatic carbocycles. The number of hydrogen-bond donors (Lipinski definition) is 1. The van der Waals surface area contributed by atoms with Crippen LogP contribution >= 0.6 is 11.6 Å². The lowest BCUT2D eigenvalue weighted by Gasteiger charge is -2.19. The van der Waals surface area contributed by atoms with Crippen LogP contribution in [0.1, 0.15) is 18.1 Å². The van der Waals surface area contributed by atoms with Crippen molar-refractivity contribution in [3.8, 4) is 11.5 Å². The molecule has 0 saturated carbocycles. The molecule has 3 rings (SSSR count). The second-order valence-corrected chi connectivity index (χ2v) is 9.56. The topological polar surface area (TPSA) is 104 Å². The molecular weight excluding hydrogens is 555 g/mol. The van der Waals surface area contributed by atoms with E-state index in [1.54, 1.807) is 19.1 Å². The smallest absolute Gasteiger partial charge is 0.442 e. The minimum Gasteiger partial charge on any atom is -0.442 e. The van der Waals surface area contributed by atoms with Crippen molar-refractivity contribution in [2.75, 3.05) is 13.7 Å². The van der Waals surface area contributed by atoms with E-state index in [1.807, 2.05) is 12.1 Å². The summed E-state index contributed by atoms with van der Waals surface area (Å²) in [4.78, 5) is 30.6. The Morgan fingerprint density at radius 1 is 1.12 bits per heavy atom. The third-order valence-electron chi connectivity index (χ3n) is 5.84. The Balaban J connectivity index is 2.08. The van der Waals surface area contributed by atoms with E-state index in [2.05, 4.69) is 9.73 Å². The van der Waals surface area contributed by atoms with E-state index in [4.69, 9.17) is 21.1 Å². The van der Waals surface area contributed by atoms with Gasteiger partial charge in [-0.15, -0.1) is 13.2 Å². The van der Waals surface area contributed by atoms with Gasteiger partial charge in [0.15, 0.2) is 5.90 Å². The van der Waals surface area contributed by atoms with Gasteiger partial charge in [0.25, 0.3) is 5.56 Å². The van der Waals surface area contributed by atoms with E-state index in [-0.39, 0.29) is 36.2 Å². The fourth-order valence-corrected chi connectivity index (χ4v) is 4.06. The van der Waals surface area contributed by atoms with Gasteiger partial charge < -0.3 is 19.3 Å². The molecule has 2 atom stereocenters. The lowest BCUT2D eigenvalue weighted by Crippen LogP contribution is -2.43. The minimum absolute atomic E-state index is 0.00198. The van der Waals surface area contributed by atoms with Crippen LogP contribution in [0, 0.1) is 12.8 Å². The monoisotopic (exact) mass is 583 g/mol. The molecule has 0 fully saturated rings. The SMILES string of the molecule is COCC(O)Cn1c(=O)c(C)c(/N=C(/Oc2cccc(OC(F)(F)F)c2)[C@@H](C)Cc2ccc(Cl)cc2)n(C)c1=O. The number of aliphatic hydroxyl groups excluding tert-OH is 1. The van der Waals surface area contributed by atoms with E-state index in [0.717, 1.165) is 26.8 Å². The molecule has 0 saturated heterocycles. The molecule has 1 N–H and O–H groups in total. The van der Waals surface area contributed by atoms with Crippen LogP contribution in [0.3, 0.4) is 0 Å². The average Bonchev–Trinajstić information content (AvgIpc) is 2.88. The molecule has 0 spiro atoms. The molecule has 0 aliphatic rings. The Bertz CT molecular complexity index is 1430. The number of ether oxygens (including phenoxy) is 3. The number of aromatic nitrogens is 2. The summed E-state index contributed by atoms with van der Waals surface area (Å²) in [5, 5.41) is 10.6. The van der Waals surface area contributed by atoms with Crippen LogP contribution in [0.15, 0.2) is 63.1 Å². The van der Waals surface area contributed by atoms with Gasteiger partial charge in [0.05, 0.1) is 24.8 Å². The van der Waals surface area contributed by atoms with Gasteiger partial charge >= 0.3 is 12.1 Å². The number of aliphatic imine (C=N–C) groups is 1. The predicted octanol–water partition coefficient (Wildman–Crippen LogP) is 4.40. The number of halogens is 4. The predicted molar refractivity (Wildman–Crippen MR) is 144 cm³/mol. The maximum atomic E-state index is 13.1. The zero-order chi connectivity index (χ0) is 29.6. The molecule has 0 bridgehead atoms. The molecule has 13 heteroatoms. The van der Waals surface area contributed by atoms with Crippen LogP contribution in [0.2, 0.25) is 5.02 Å². The first-order valence-corrected chi connectivity index (χ1v) is 12.5. The summed E-state index contributed by atoms with van der Waals surface area (Å²) in [6.07, 6.45) is -5.59. The third kappa shape index (κ3) is 8.20. The van der Waals surface area contributed by atoms with Crippen molar-refractivity contribution in [2.24, 2.45) is 18.0 Å². The lowest BCUT2D eigenvalue weighted by atomic mass is 10.0. The van der Waals surface area contributed by atoms with Gasteiger partial charge in [-0.1, -0.05) is 36.7 Å². The van der Waals surface area contributed by atoms with Gasteiger partial charge in [-0.25, -0.2) is 4.79 Å². The Morgan fingerprint density at radius 3 is 2.40 bits per heavy atom. The number of aliphatic hydroxyl groups is 1. The number of rotatable bonds is 10. The molecular formula is C27H29ClF3N3O6. The summed E-state index contributed by atoms with van der Waals surface area (Å²) in [5.74, 6) is -0.923. The molecule has 40 heavy (non-hydrogen) atoms. The van der Waals surface area contributed by atoms with Gasteiger partial charge in [0, 0.05) is 31.2 Å². The summed E-state index contributed by atoms with van der Waals surface area (Å²) in [5.41, 5.74) is -0.423. The number of nitrogens with zero attached hydrogens (tertiary/aromatic N) is 3. The molecule has 0 radical (unpaired) electrons. The molecule has 1 heterocycles. The molecule has 216 valence electrons. The molecule has 9 nitrogen and oxygen atoms in total.